The number of carbonyl (C=O) groups is 3. The summed E-state index contributed by atoms with van der Waals surface area (Å²) in [4.78, 5) is 40.9. The lowest BCUT2D eigenvalue weighted by Gasteiger charge is -2.29. The summed E-state index contributed by atoms with van der Waals surface area (Å²) in [5.41, 5.74) is 1.58. The highest BCUT2D eigenvalue weighted by molar-refractivity contribution is 6.33. The number of rotatable bonds is 10. The van der Waals surface area contributed by atoms with E-state index in [0.29, 0.717) is 41.6 Å². The van der Waals surface area contributed by atoms with Crippen molar-refractivity contribution in [2.45, 2.75) is 57.9 Å². The second kappa shape index (κ2) is 11.5. The number of benzene rings is 1. The number of hydroxylamine groups is 2. The molecule has 2 N–H and O–H groups in total. The van der Waals surface area contributed by atoms with Gasteiger partial charge in [0, 0.05) is 25.3 Å². The Morgan fingerprint density at radius 2 is 2.03 bits per heavy atom. The first-order valence-corrected chi connectivity index (χ1v) is 11.9. The number of hydrogen-bond donors (Lipinski definition) is 2. The lowest BCUT2D eigenvalue weighted by atomic mass is 9.99. The van der Waals surface area contributed by atoms with E-state index in [-0.39, 0.29) is 18.4 Å². The number of likely N-dealkylation sites (tertiary alicyclic amines) is 1. The molecule has 0 spiro atoms. The molecule has 0 radical (unpaired) electrons. The Bertz CT molecular complexity index is 815. The average Bonchev–Trinajstić information content (AvgIpc) is 3.48. The molecule has 1 aromatic carbocycles. The van der Waals surface area contributed by atoms with Gasteiger partial charge in [0.1, 0.15) is 6.04 Å². The second-order valence-corrected chi connectivity index (χ2v) is 9.01. The number of carbonyl (C=O) groups excluding carboxylic acids is 3. The van der Waals surface area contributed by atoms with Crippen LogP contribution in [-0.4, -0.2) is 65.6 Å². The Hall–Kier alpha value is -2.32. The molecular weight excluding hydrogens is 432 g/mol. The van der Waals surface area contributed by atoms with Crippen molar-refractivity contribution >= 4 is 41.2 Å². The molecule has 2 fully saturated rings. The molecule has 2 atom stereocenters. The molecule has 0 aliphatic carbocycles. The largest absolute Gasteiger partial charge is 0.370 e. The normalized spacial score (nSPS) is 19.2. The number of anilines is 2. The van der Waals surface area contributed by atoms with Crippen LogP contribution in [0.25, 0.3) is 0 Å². The number of unbranched alkanes of at least 4 members (excludes halogenated alkanes) is 1. The third-order valence-electron chi connectivity index (χ3n) is 6.28. The van der Waals surface area contributed by atoms with E-state index < -0.39 is 12.0 Å². The fourth-order valence-corrected chi connectivity index (χ4v) is 4.87. The van der Waals surface area contributed by atoms with Gasteiger partial charge in [0.25, 0.3) is 0 Å². The van der Waals surface area contributed by atoms with E-state index in [1.165, 1.54) is 0 Å². The molecule has 1 aromatic rings. The number of hydrogen-bond acceptors (Lipinski definition) is 5. The zero-order chi connectivity index (χ0) is 23.1. The number of nitrogens with one attached hydrogen (secondary N) is 1. The summed E-state index contributed by atoms with van der Waals surface area (Å²) in [5, 5.41) is 13.6. The van der Waals surface area contributed by atoms with Crippen LogP contribution >= 0.6 is 11.6 Å². The van der Waals surface area contributed by atoms with Crippen LogP contribution in [0.4, 0.5) is 11.4 Å². The fraction of sp³-hybridized carbons (Fsp3) is 0.609. The van der Waals surface area contributed by atoms with Crippen LogP contribution in [0.1, 0.15) is 51.9 Å². The molecule has 2 aliphatic rings. The van der Waals surface area contributed by atoms with Crippen molar-refractivity contribution in [3.8, 4) is 0 Å². The van der Waals surface area contributed by atoms with Gasteiger partial charge in [0.05, 0.1) is 23.2 Å². The zero-order valence-electron chi connectivity index (χ0n) is 18.6. The van der Waals surface area contributed by atoms with Gasteiger partial charge in [-0.3, -0.25) is 19.6 Å². The van der Waals surface area contributed by atoms with E-state index >= 15 is 0 Å². The standard InChI is InChI=1S/C23H33ClN4O4/c1-2-3-7-17(15-27(32)16-29)23(31)28-13-6-8-21(28)22(30)25-18-9-10-20(19(24)14-18)26-11-4-5-12-26/h9-10,14,16-17,21,32H,2-8,11-13,15H2,1H3,(H,25,30)/t17-,21+/m1/s1. The first-order valence-electron chi connectivity index (χ1n) is 11.5. The monoisotopic (exact) mass is 464 g/mol. The van der Waals surface area contributed by atoms with Gasteiger partial charge >= 0.3 is 0 Å². The highest BCUT2D eigenvalue weighted by Crippen LogP contribution is 2.31. The molecule has 0 bridgehead atoms. The molecule has 8 nitrogen and oxygen atoms in total. The third kappa shape index (κ3) is 5.92. The summed E-state index contributed by atoms with van der Waals surface area (Å²) in [5.74, 6) is -0.974. The van der Waals surface area contributed by atoms with Crippen molar-refractivity contribution in [3.05, 3.63) is 23.2 Å². The van der Waals surface area contributed by atoms with E-state index in [1.807, 2.05) is 19.1 Å². The van der Waals surface area contributed by atoms with E-state index in [4.69, 9.17) is 11.6 Å². The summed E-state index contributed by atoms with van der Waals surface area (Å²) in [7, 11) is 0. The van der Waals surface area contributed by atoms with Crippen LogP contribution in [0.15, 0.2) is 18.2 Å². The molecule has 3 rings (SSSR count). The lowest BCUT2D eigenvalue weighted by Crippen LogP contribution is -2.47. The highest BCUT2D eigenvalue weighted by atomic mass is 35.5. The SMILES string of the molecule is CCCC[C@H](CN(O)C=O)C(=O)N1CCC[C@H]1C(=O)Nc1ccc(N2CCCC2)c(Cl)c1. The van der Waals surface area contributed by atoms with Gasteiger partial charge in [0.2, 0.25) is 18.2 Å². The van der Waals surface area contributed by atoms with Crippen LogP contribution < -0.4 is 10.2 Å². The molecule has 9 heteroatoms. The van der Waals surface area contributed by atoms with Crippen molar-refractivity contribution in [2.24, 2.45) is 5.92 Å². The smallest absolute Gasteiger partial charge is 0.247 e. The molecular formula is C23H33ClN4O4. The number of halogens is 1. The van der Waals surface area contributed by atoms with Crippen LogP contribution in [0.2, 0.25) is 5.02 Å². The molecule has 0 aromatic heterocycles. The second-order valence-electron chi connectivity index (χ2n) is 8.61. The van der Waals surface area contributed by atoms with Crippen LogP contribution in [-0.2, 0) is 14.4 Å². The van der Waals surface area contributed by atoms with Crippen LogP contribution in [0, 0.1) is 5.92 Å². The number of amides is 3. The van der Waals surface area contributed by atoms with Gasteiger partial charge < -0.3 is 15.1 Å². The molecule has 0 saturated carbocycles. The Labute approximate surface area is 194 Å². The molecule has 2 saturated heterocycles. The maximum absolute atomic E-state index is 13.2. The van der Waals surface area contributed by atoms with Gasteiger partial charge in [-0.2, -0.15) is 0 Å². The van der Waals surface area contributed by atoms with Gasteiger partial charge in [-0.15, -0.1) is 0 Å². The van der Waals surface area contributed by atoms with Gasteiger partial charge in [0.15, 0.2) is 0 Å². The Morgan fingerprint density at radius 1 is 1.28 bits per heavy atom. The fourth-order valence-electron chi connectivity index (χ4n) is 4.57. The van der Waals surface area contributed by atoms with E-state index in [0.717, 1.165) is 50.9 Å². The van der Waals surface area contributed by atoms with Crippen LogP contribution in [0.3, 0.4) is 0 Å². The topological polar surface area (TPSA) is 93.2 Å². The third-order valence-corrected chi connectivity index (χ3v) is 6.59. The summed E-state index contributed by atoms with van der Waals surface area (Å²) in [6, 6.07) is 4.95. The first-order chi connectivity index (χ1) is 15.4. The minimum atomic E-state index is -0.577. The van der Waals surface area contributed by atoms with Gasteiger partial charge in [-0.25, -0.2) is 5.06 Å². The summed E-state index contributed by atoms with van der Waals surface area (Å²) < 4.78 is 0. The summed E-state index contributed by atoms with van der Waals surface area (Å²) in [6.45, 7) is 4.41. The summed E-state index contributed by atoms with van der Waals surface area (Å²) in [6.07, 6.45) is 6.17. The maximum atomic E-state index is 13.2. The molecule has 32 heavy (non-hydrogen) atoms. The van der Waals surface area contributed by atoms with Gasteiger partial charge in [-0.05, 0) is 50.3 Å². The highest BCUT2D eigenvalue weighted by Gasteiger charge is 2.37. The molecule has 3 amide bonds. The molecule has 176 valence electrons. The first kappa shape index (κ1) is 24.3. The van der Waals surface area contributed by atoms with Crippen molar-refractivity contribution in [3.63, 3.8) is 0 Å². The lowest BCUT2D eigenvalue weighted by molar-refractivity contribution is -0.157. The Morgan fingerprint density at radius 3 is 2.69 bits per heavy atom. The maximum Gasteiger partial charge on any atom is 0.247 e. The Kier molecular flexibility index (Phi) is 8.75. The van der Waals surface area contributed by atoms with Crippen molar-refractivity contribution < 1.29 is 19.6 Å². The summed E-state index contributed by atoms with van der Waals surface area (Å²) >= 11 is 6.47. The van der Waals surface area contributed by atoms with E-state index in [9.17, 15) is 19.6 Å². The number of nitrogens with zero attached hydrogens (tertiary/aromatic N) is 3. The predicted molar refractivity (Wildman–Crippen MR) is 124 cm³/mol. The quantitative estimate of drug-likeness (QED) is 0.314. The average molecular weight is 465 g/mol. The minimum absolute atomic E-state index is 0.0687. The minimum Gasteiger partial charge on any atom is -0.370 e. The zero-order valence-corrected chi connectivity index (χ0v) is 19.4. The van der Waals surface area contributed by atoms with Crippen molar-refractivity contribution in [2.75, 3.05) is 36.4 Å². The Balaban J connectivity index is 1.66. The van der Waals surface area contributed by atoms with Gasteiger partial charge in [-0.1, -0.05) is 31.4 Å². The van der Waals surface area contributed by atoms with E-state index in [1.54, 1.807) is 11.0 Å². The molecule has 2 aliphatic heterocycles. The van der Waals surface area contributed by atoms with Crippen LogP contribution in [0.5, 0.6) is 0 Å². The predicted octanol–water partition coefficient (Wildman–Crippen LogP) is 3.52. The molecule has 0 unspecified atom stereocenters. The van der Waals surface area contributed by atoms with Crippen molar-refractivity contribution in [1.82, 2.24) is 9.96 Å². The molecule has 2 heterocycles. The van der Waals surface area contributed by atoms with E-state index in [2.05, 4.69) is 10.2 Å². The van der Waals surface area contributed by atoms with Crippen molar-refractivity contribution in [1.29, 1.82) is 0 Å².